The highest BCUT2D eigenvalue weighted by Gasteiger charge is 2.46. The number of anilines is 1. The van der Waals surface area contributed by atoms with E-state index in [1.54, 1.807) is 23.2 Å². The summed E-state index contributed by atoms with van der Waals surface area (Å²) in [6, 6.07) is 17.6. The average Bonchev–Trinajstić information content (AvgIpc) is 3.68. The summed E-state index contributed by atoms with van der Waals surface area (Å²) in [6.07, 6.45) is 2.67. The number of alkyl halides is 3. The van der Waals surface area contributed by atoms with Gasteiger partial charge in [-0.15, -0.1) is 0 Å². The van der Waals surface area contributed by atoms with E-state index in [0.29, 0.717) is 17.9 Å². The third-order valence-corrected chi connectivity index (χ3v) is 9.06. The highest BCUT2D eigenvalue weighted by molar-refractivity contribution is 7.97. The van der Waals surface area contributed by atoms with Crippen molar-refractivity contribution in [3.8, 4) is 0 Å². The fourth-order valence-corrected chi connectivity index (χ4v) is 6.46. The number of fused-ring (bicyclic) bond motifs is 1. The number of carbonyl (C=O) groups excluding carboxylic acids is 1. The van der Waals surface area contributed by atoms with E-state index in [1.165, 1.54) is 41.8 Å². The maximum absolute atomic E-state index is 14.0. The van der Waals surface area contributed by atoms with Crippen molar-refractivity contribution in [3.63, 3.8) is 0 Å². The van der Waals surface area contributed by atoms with Gasteiger partial charge in [0.25, 0.3) is 0 Å². The quantitative estimate of drug-likeness (QED) is 0.169. The highest BCUT2D eigenvalue weighted by atomic mass is 32.2. The molecule has 1 fully saturated rings. The largest absolute Gasteiger partial charge is 0.416 e. The lowest BCUT2D eigenvalue weighted by Crippen LogP contribution is -2.33. The first-order valence-electron chi connectivity index (χ1n) is 13.9. The first kappa shape index (κ1) is 28.5. The Morgan fingerprint density at radius 2 is 1.86 bits per heavy atom. The Morgan fingerprint density at radius 3 is 2.55 bits per heavy atom. The molecule has 4 aromatic rings. The molecule has 3 aromatic carbocycles. The number of halogens is 4. The lowest BCUT2D eigenvalue weighted by molar-refractivity contribution is -0.137. The van der Waals surface area contributed by atoms with Crippen molar-refractivity contribution in [3.05, 3.63) is 113 Å². The maximum atomic E-state index is 14.0. The summed E-state index contributed by atoms with van der Waals surface area (Å²) >= 11 is 1.31. The number of benzene rings is 3. The second kappa shape index (κ2) is 11.6. The third kappa shape index (κ3) is 6.10. The van der Waals surface area contributed by atoms with Crippen molar-refractivity contribution in [2.24, 2.45) is 13.0 Å². The average molecular weight is 595 g/mol. The molecular formula is C32H30F4N4OS. The van der Waals surface area contributed by atoms with E-state index in [4.69, 9.17) is 0 Å². The van der Waals surface area contributed by atoms with Crippen LogP contribution in [0.3, 0.4) is 0 Å². The van der Waals surface area contributed by atoms with Gasteiger partial charge >= 0.3 is 6.18 Å². The van der Waals surface area contributed by atoms with Crippen LogP contribution >= 0.6 is 11.9 Å². The molecule has 0 saturated heterocycles. The topological polar surface area (TPSA) is 50.2 Å². The van der Waals surface area contributed by atoms with Crippen LogP contribution in [0.2, 0.25) is 0 Å². The third-order valence-electron chi connectivity index (χ3n) is 8.15. The second-order valence-corrected chi connectivity index (χ2v) is 11.9. The highest BCUT2D eigenvalue weighted by Crippen LogP contribution is 2.49. The number of rotatable bonds is 8. The molecule has 10 heteroatoms. The standard InChI is InChI=1S/C32H30F4N4OS/c1-39-16-15-37-30(39)19-40(31(41)28-18-26(28)21-5-10-23(33)11-6-21)24-12-7-20-3-2-4-29(27(20)17-24)38-42-25-13-8-22(9-14-25)32(34,35)36/h5-17,26,28-29,38H,2-4,18-19H2,1H3/t26-,28+,29?/m1/s1. The summed E-state index contributed by atoms with van der Waals surface area (Å²) in [5.74, 6) is 0.316. The number of hydrogen-bond acceptors (Lipinski definition) is 4. The zero-order valence-electron chi connectivity index (χ0n) is 22.9. The van der Waals surface area contributed by atoms with Crippen LogP contribution < -0.4 is 9.62 Å². The van der Waals surface area contributed by atoms with Gasteiger partial charge in [-0.2, -0.15) is 13.2 Å². The molecule has 218 valence electrons. The molecule has 0 aliphatic heterocycles. The van der Waals surface area contributed by atoms with Crippen molar-refractivity contribution < 1.29 is 22.4 Å². The fourth-order valence-electron chi connectivity index (χ4n) is 5.66. The second-order valence-electron chi connectivity index (χ2n) is 10.9. The zero-order valence-corrected chi connectivity index (χ0v) is 23.8. The summed E-state index contributed by atoms with van der Waals surface area (Å²) in [5.41, 5.74) is 3.34. The Hall–Kier alpha value is -3.63. The van der Waals surface area contributed by atoms with Gasteiger partial charge in [0.05, 0.1) is 12.1 Å². The molecule has 0 radical (unpaired) electrons. The molecule has 5 nitrogen and oxygen atoms in total. The monoisotopic (exact) mass is 594 g/mol. The minimum Gasteiger partial charge on any atom is -0.337 e. The van der Waals surface area contributed by atoms with E-state index in [1.807, 2.05) is 23.9 Å². The van der Waals surface area contributed by atoms with E-state index < -0.39 is 11.7 Å². The molecule has 6 rings (SSSR count). The summed E-state index contributed by atoms with van der Waals surface area (Å²) < 4.78 is 57.7. The lowest BCUT2D eigenvalue weighted by atomic mass is 9.87. The Kier molecular flexibility index (Phi) is 7.85. The number of aryl methyl sites for hydroxylation is 2. The molecule has 1 aromatic heterocycles. The number of carbonyl (C=O) groups is 1. The summed E-state index contributed by atoms with van der Waals surface area (Å²) in [4.78, 5) is 20.9. The molecule has 2 aliphatic carbocycles. The Balaban J connectivity index is 1.24. The molecule has 1 amide bonds. The van der Waals surface area contributed by atoms with Gasteiger partial charge < -0.3 is 9.47 Å². The number of aromatic nitrogens is 2. The normalized spacial score (nSPS) is 19.8. The predicted molar refractivity (Wildman–Crippen MR) is 154 cm³/mol. The van der Waals surface area contributed by atoms with Crippen molar-refractivity contribution >= 4 is 23.5 Å². The predicted octanol–water partition coefficient (Wildman–Crippen LogP) is 7.59. The van der Waals surface area contributed by atoms with Gasteiger partial charge in [0.2, 0.25) is 5.91 Å². The van der Waals surface area contributed by atoms with Crippen molar-refractivity contribution in [1.29, 1.82) is 0 Å². The number of nitrogens with one attached hydrogen (secondary N) is 1. The zero-order chi connectivity index (χ0) is 29.4. The molecule has 3 atom stereocenters. The van der Waals surface area contributed by atoms with Crippen molar-refractivity contribution in [2.45, 2.75) is 55.3 Å². The van der Waals surface area contributed by atoms with Gasteiger partial charge in [0.15, 0.2) is 0 Å². The van der Waals surface area contributed by atoms with Crippen LogP contribution in [-0.4, -0.2) is 15.5 Å². The summed E-state index contributed by atoms with van der Waals surface area (Å²) in [6.45, 7) is 0.312. The Labute approximate surface area is 246 Å². The lowest BCUT2D eigenvalue weighted by Gasteiger charge is -2.29. The van der Waals surface area contributed by atoms with Gasteiger partial charge in [-0.25, -0.2) is 9.37 Å². The molecule has 0 spiro atoms. The van der Waals surface area contributed by atoms with Crippen LogP contribution in [-0.2, 0) is 31.0 Å². The molecule has 1 N–H and O–H groups in total. The van der Waals surface area contributed by atoms with Crippen LogP contribution in [0.4, 0.5) is 23.2 Å². The fraction of sp³-hybridized carbons (Fsp3) is 0.312. The Morgan fingerprint density at radius 1 is 1.10 bits per heavy atom. The van der Waals surface area contributed by atoms with E-state index in [0.717, 1.165) is 54.0 Å². The molecule has 1 unspecified atom stereocenters. The molecule has 2 aliphatic rings. The molecule has 42 heavy (non-hydrogen) atoms. The summed E-state index contributed by atoms with van der Waals surface area (Å²) in [7, 11) is 1.90. The number of nitrogens with zero attached hydrogens (tertiary/aromatic N) is 3. The molecule has 0 bridgehead atoms. The first-order chi connectivity index (χ1) is 20.2. The van der Waals surface area contributed by atoms with Crippen LogP contribution in [0.5, 0.6) is 0 Å². The minimum absolute atomic E-state index is 0.00623. The van der Waals surface area contributed by atoms with Crippen molar-refractivity contribution in [1.82, 2.24) is 14.3 Å². The van der Waals surface area contributed by atoms with Crippen LogP contribution in [0.25, 0.3) is 0 Å². The number of amides is 1. The van der Waals surface area contributed by atoms with E-state index in [9.17, 15) is 22.4 Å². The van der Waals surface area contributed by atoms with Gasteiger partial charge in [-0.05, 0) is 109 Å². The van der Waals surface area contributed by atoms with Gasteiger partial charge in [0.1, 0.15) is 11.6 Å². The van der Waals surface area contributed by atoms with E-state index >= 15 is 0 Å². The van der Waals surface area contributed by atoms with Crippen molar-refractivity contribution in [2.75, 3.05) is 4.90 Å². The Bertz CT molecular complexity index is 1570. The summed E-state index contributed by atoms with van der Waals surface area (Å²) in [5, 5.41) is 0. The van der Waals surface area contributed by atoms with Gasteiger partial charge in [-0.1, -0.05) is 18.2 Å². The SMILES string of the molecule is Cn1ccnc1CN(C(=O)[C@H]1C[C@@H]1c1ccc(F)cc1)c1ccc2c(c1)C(NSc1ccc(C(F)(F)F)cc1)CCC2. The van der Waals surface area contributed by atoms with Crippen LogP contribution in [0.15, 0.2) is 84.0 Å². The van der Waals surface area contributed by atoms with Gasteiger partial charge in [-0.3, -0.25) is 9.52 Å². The molecule has 1 heterocycles. The van der Waals surface area contributed by atoms with Crippen LogP contribution in [0, 0.1) is 11.7 Å². The van der Waals surface area contributed by atoms with Gasteiger partial charge in [0, 0.05) is 42.0 Å². The number of hydrogen-bond donors (Lipinski definition) is 1. The minimum atomic E-state index is -4.37. The maximum Gasteiger partial charge on any atom is 0.416 e. The van der Waals surface area contributed by atoms with Crippen LogP contribution in [0.1, 0.15) is 59.3 Å². The molecule has 1 saturated carbocycles. The number of imidazole rings is 1. The smallest absolute Gasteiger partial charge is 0.337 e. The van der Waals surface area contributed by atoms with E-state index in [2.05, 4.69) is 21.8 Å². The van der Waals surface area contributed by atoms with E-state index in [-0.39, 0.29) is 29.6 Å². The molecular weight excluding hydrogens is 564 g/mol. The first-order valence-corrected chi connectivity index (χ1v) is 14.7.